The van der Waals surface area contributed by atoms with Gasteiger partial charge in [-0.1, -0.05) is 12.1 Å². The SMILES string of the molecule is CS(=O)(=O)/C=C/CNC(=O)c1ccc(C2CC2)cc1NCc1cncs1. The summed E-state index contributed by atoms with van der Waals surface area (Å²) < 4.78 is 22.2. The quantitative estimate of drug-likeness (QED) is 0.722. The van der Waals surface area contributed by atoms with Gasteiger partial charge >= 0.3 is 0 Å². The average molecular weight is 392 g/mol. The van der Waals surface area contributed by atoms with Crippen LogP contribution in [0.2, 0.25) is 0 Å². The molecule has 3 rings (SSSR count). The highest BCUT2D eigenvalue weighted by atomic mass is 32.2. The maximum absolute atomic E-state index is 12.5. The highest BCUT2D eigenvalue weighted by Gasteiger charge is 2.24. The van der Waals surface area contributed by atoms with Gasteiger partial charge in [-0.05, 0) is 36.5 Å². The number of nitrogens with one attached hydrogen (secondary N) is 2. The molecule has 1 aliphatic carbocycles. The zero-order chi connectivity index (χ0) is 18.6. The summed E-state index contributed by atoms with van der Waals surface area (Å²) in [6, 6.07) is 5.87. The van der Waals surface area contributed by atoms with Crippen LogP contribution in [-0.4, -0.2) is 32.1 Å². The first kappa shape index (κ1) is 18.6. The monoisotopic (exact) mass is 391 g/mol. The Bertz CT molecular complexity index is 902. The molecule has 0 saturated heterocycles. The van der Waals surface area contributed by atoms with Crippen LogP contribution >= 0.6 is 11.3 Å². The summed E-state index contributed by atoms with van der Waals surface area (Å²) in [5.41, 5.74) is 4.35. The van der Waals surface area contributed by atoms with Crippen molar-refractivity contribution in [1.82, 2.24) is 10.3 Å². The second kappa shape index (κ2) is 8.01. The van der Waals surface area contributed by atoms with Crippen molar-refractivity contribution in [2.45, 2.75) is 25.3 Å². The first-order valence-corrected chi connectivity index (χ1v) is 11.2. The van der Waals surface area contributed by atoms with Crippen LogP contribution in [0.3, 0.4) is 0 Å². The van der Waals surface area contributed by atoms with E-state index in [-0.39, 0.29) is 12.5 Å². The van der Waals surface area contributed by atoms with Crippen molar-refractivity contribution in [3.05, 3.63) is 57.4 Å². The maximum atomic E-state index is 12.5. The van der Waals surface area contributed by atoms with Crippen molar-refractivity contribution in [1.29, 1.82) is 0 Å². The van der Waals surface area contributed by atoms with Crippen molar-refractivity contribution in [2.75, 3.05) is 18.1 Å². The van der Waals surface area contributed by atoms with Gasteiger partial charge in [-0.2, -0.15) is 0 Å². The summed E-state index contributed by atoms with van der Waals surface area (Å²) in [4.78, 5) is 17.7. The standard InChI is InChI=1S/C18H21N3O3S2/c1-26(23,24)8-2-7-20-18(22)16-6-5-14(13-3-4-13)9-17(16)21-11-15-10-19-12-25-15/h2,5-6,8-10,12-13,21H,3-4,7,11H2,1H3,(H,20,22)/b8-2+. The molecule has 2 N–H and O–H groups in total. The number of benzene rings is 1. The summed E-state index contributed by atoms with van der Waals surface area (Å²) in [6.45, 7) is 0.762. The molecule has 0 bridgehead atoms. The van der Waals surface area contributed by atoms with Gasteiger partial charge in [-0.3, -0.25) is 9.78 Å². The fraction of sp³-hybridized carbons (Fsp3) is 0.333. The number of thiazole rings is 1. The molecule has 1 amide bonds. The number of hydrogen-bond donors (Lipinski definition) is 2. The number of anilines is 1. The van der Waals surface area contributed by atoms with Gasteiger partial charge in [-0.25, -0.2) is 8.42 Å². The van der Waals surface area contributed by atoms with E-state index in [2.05, 4.69) is 15.6 Å². The number of rotatable bonds is 8. The average Bonchev–Trinajstić information content (AvgIpc) is 3.32. The van der Waals surface area contributed by atoms with E-state index in [1.165, 1.54) is 24.5 Å². The predicted molar refractivity (Wildman–Crippen MR) is 104 cm³/mol. The van der Waals surface area contributed by atoms with Gasteiger partial charge in [0.2, 0.25) is 0 Å². The van der Waals surface area contributed by atoms with Crippen LogP contribution in [-0.2, 0) is 16.4 Å². The van der Waals surface area contributed by atoms with E-state index in [4.69, 9.17) is 0 Å². The Morgan fingerprint density at radius 3 is 2.85 bits per heavy atom. The molecule has 1 aromatic carbocycles. The second-order valence-electron chi connectivity index (χ2n) is 6.31. The third-order valence-corrected chi connectivity index (χ3v) is 5.46. The van der Waals surface area contributed by atoms with Crippen molar-refractivity contribution in [3.63, 3.8) is 0 Å². The summed E-state index contributed by atoms with van der Waals surface area (Å²) in [7, 11) is -3.19. The van der Waals surface area contributed by atoms with Crippen LogP contribution in [0.1, 0.15) is 39.6 Å². The smallest absolute Gasteiger partial charge is 0.253 e. The minimum Gasteiger partial charge on any atom is -0.379 e. The lowest BCUT2D eigenvalue weighted by molar-refractivity contribution is 0.0958. The summed E-state index contributed by atoms with van der Waals surface area (Å²) >= 11 is 1.56. The van der Waals surface area contributed by atoms with E-state index < -0.39 is 9.84 Å². The van der Waals surface area contributed by atoms with E-state index >= 15 is 0 Å². The fourth-order valence-corrected chi connectivity index (χ4v) is 3.54. The van der Waals surface area contributed by atoms with E-state index in [0.29, 0.717) is 18.0 Å². The predicted octanol–water partition coefficient (Wildman–Crippen LogP) is 2.92. The lowest BCUT2D eigenvalue weighted by atomic mass is 10.0. The number of sulfone groups is 1. The van der Waals surface area contributed by atoms with Gasteiger partial charge in [0, 0.05) is 35.0 Å². The Morgan fingerprint density at radius 2 is 2.19 bits per heavy atom. The van der Waals surface area contributed by atoms with Gasteiger partial charge < -0.3 is 10.6 Å². The first-order chi connectivity index (χ1) is 12.4. The molecule has 1 fully saturated rings. The van der Waals surface area contributed by atoms with Crippen LogP contribution in [0.4, 0.5) is 5.69 Å². The van der Waals surface area contributed by atoms with Gasteiger partial charge in [0.25, 0.3) is 5.91 Å². The van der Waals surface area contributed by atoms with Crippen molar-refractivity contribution in [3.8, 4) is 0 Å². The summed E-state index contributed by atoms with van der Waals surface area (Å²) in [6.07, 6.45) is 6.73. The van der Waals surface area contributed by atoms with E-state index in [1.54, 1.807) is 23.0 Å². The Hall–Kier alpha value is -2.19. The van der Waals surface area contributed by atoms with Crippen molar-refractivity contribution >= 4 is 32.8 Å². The normalized spacial score (nSPS) is 14.5. The molecule has 2 aromatic rings. The molecule has 0 radical (unpaired) electrons. The molecule has 0 atom stereocenters. The first-order valence-electron chi connectivity index (χ1n) is 8.32. The number of aromatic nitrogens is 1. The number of nitrogens with zero attached hydrogens (tertiary/aromatic N) is 1. The Balaban J connectivity index is 1.71. The van der Waals surface area contributed by atoms with Crippen LogP contribution in [0.15, 0.2) is 41.4 Å². The van der Waals surface area contributed by atoms with Crippen LogP contribution in [0.25, 0.3) is 0 Å². The lowest BCUT2D eigenvalue weighted by Crippen LogP contribution is -2.24. The molecule has 1 heterocycles. The molecule has 1 aliphatic rings. The Labute approximate surface area is 157 Å². The molecular weight excluding hydrogens is 370 g/mol. The van der Waals surface area contributed by atoms with Gasteiger partial charge in [0.05, 0.1) is 17.6 Å². The largest absolute Gasteiger partial charge is 0.379 e. The zero-order valence-corrected chi connectivity index (χ0v) is 16.1. The summed E-state index contributed by atoms with van der Waals surface area (Å²) in [5.74, 6) is 0.353. The highest BCUT2D eigenvalue weighted by Crippen LogP contribution is 2.41. The number of carbonyl (C=O) groups excluding carboxylic acids is 1. The fourth-order valence-electron chi connectivity index (χ4n) is 2.56. The van der Waals surface area contributed by atoms with Crippen LogP contribution in [0.5, 0.6) is 0 Å². The van der Waals surface area contributed by atoms with Crippen molar-refractivity contribution < 1.29 is 13.2 Å². The minimum atomic E-state index is -3.19. The molecule has 1 saturated carbocycles. The van der Waals surface area contributed by atoms with Crippen LogP contribution < -0.4 is 10.6 Å². The Morgan fingerprint density at radius 1 is 1.38 bits per heavy atom. The molecule has 8 heteroatoms. The molecule has 0 aliphatic heterocycles. The maximum Gasteiger partial charge on any atom is 0.253 e. The third kappa shape index (κ3) is 5.40. The molecular formula is C18H21N3O3S2. The number of amides is 1. The van der Waals surface area contributed by atoms with E-state index in [1.807, 2.05) is 18.2 Å². The zero-order valence-electron chi connectivity index (χ0n) is 14.4. The van der Waals surface area contributed by atoms with E-state index in [9.17, 15) is 13.2 Å². The molecule has 26 heavy (non-hydrogen) atoms. The van der Waals surface area contributed by atoms with E-state index in [0.717, 1.165) is 22.2 Å². The topological polar surface area (TPSA) is 88.2 Å². The molecule has 1 aromatic heterocycles. The van der Waals surface area contributed by atoms with Gasteiger partial charge in [0.1, 0.15) is 0 Å². The van der Waals surface area contributed by atoms with Gasteiger partial charge in [-0.15, -0.1) is 11.3 Å². The molecule has 6 nitrogen and oxygen atoms in total. The van der Waals surface area contributed by atoms with Crippen molar-refractivity contribution in [2.24, 2.45) is 0 Å². The number of hydrogen-bond acceptors (Lipinski definition) is 6. The molecule has 0 spiro atoms. The second-order valence-corrected chi connectivity index (χ2v) is 9.21. The third-order valence-electron chi connectivity index (χ3n) is 4.00. The summed E-state index contributed by atoms with van der Waals surface area (Å²) in [5, 5.41) is 7.15. The molecule has 138 valence electrons. The minimum absolute atomic E-state index is 0.157. The van der Waals surface area contributed by atoms with Crippen LogP contribution in [0, 0.1) is 0 Å². The van der Waals surface area contributed by atoms with Gasteiger partial charge in [0.15, 0.2) is 9.84 Å². The Kier molecular flexibility index (Phi) is 5.73. The lowest BCUT2D eigenvalue weighted by Gasteiger charge is -2.13. The highest BCUT2D eigenvalue weighted by molar-refractivity contribution is 7.93. The molecule has 0 unspecified atom stereocenters. The number of carbonyl (C=O) groups is 1.